The van der Waals surface area contributed by atoms with Gasteiger partial charge >= 0.3 is 0 Å². The van der Waals surface area contributed by atoms with Crippen molar-refractivity contribution in [2.75, 3.05) is 5.32 Å². The van der Waals surface area contributed by atoms with Crippen LogP contribution in [0.2, 0.25) is 10.0 Å². The molecule has 1 aliphatic carbocycles. The number of carbonyl (C=O) groups excluding carboxylic acids is 1. The molecule has 0 radical (unpaired) electrons. The van der Waals surface area contributed by atoms with E-state index in [1.54, 1.807) is 49.4 Å². The summed E-state index contributed by atoms with van der Waals surface area (Å²) < 4.78 is 41.7. The highest BCUT2D eigenvalue weighted by Crippen LogP contribution is 2.57. The number of rotatable bonds is 7. The molecule has 186 valence electrons. The lowest BCUT2D eigenvalue weighted by atomic mass is 9.95. The second-order valence-electron chi connectivity index (χ2n) is 8.90. The van der Waals surface area contributed by atoms with E-state index < -0.39 is 27.6 Å². The van der Waals surface area contributed by atoms with E-state index in [0.29, 0.717) is 43.9 Å². The Bertz CT molecular complexity index is 1480. The molecule has 3 aromatic carbocycles. The van der Waals surface area contributed by atoms with Gasteiger partial charge in [0, 0.05) is 32.6 Å². The van der Waals surface area contributed by atoms with Crippen molar-refractivity contribution in [2.45, 2.75) is 36.9 Å². The maximum atomic E-state index is 13.6. The van der Waals surface area contributed by atoms with Crippen molar-refractivity contribution in [3.05, 3.63) is 93.0 Å². The lowest BCUT2D eigenvalue weighted by Gasteiger charge is -2.17. The lowest BCUT2D eigenvalue weighted by Crippen LogP contribution is -2.16. The third-order valence-corrected chi connectivity index (χ3v) is 7.86. The molecule has 6 nitrogen and oxygen atoms in total. The zero-order chi connectivity index (χ0) is 25.6. The molecule has 0 bridgehead atoms. The first kappa shape index (κ1) is 24.9. The molecule has 4 aromatic rings. The van der Waals surface area contributed by atoms with Crippen LogP contribution < -0.4 is 5.32 Å². The molecule has 5 rings (SSSR count). The van der Waals surface area contributed by atoms with E-state index in [1.165, 1.54) is 12.1 Å². The van der Waals surface area contributed by atoms with Crippen molar-refractivity contribution < 1.29 is 22.4 Å². The third-order valence-electron chi connectivity index (χ3n) is 6.42. The first-order chi connectivity index (χ1) is 17.2. The van der Waals surface area contributed by atoms with Gasteiger partial charge in [-0.2, -0.15) is 0 Å². The Labute approximate surface area is 219 Å². The van der Waals surface area contributed by atoms with E-state index in [1.807, 2.05) is 0 Å². The van der Waals surface area contributed by atoms with Crippen molar-refractivity contribution in [3.8, 4) is 0 Å². The number of benzene rings is 3. The normalized spacial score (nSPS) is 16.0. The number of nitrogens with zero attached hydrogens (tertiary/aromatic N) is 1. The van der Waals surface area contributed by atoms with Gasteiger partial charge in [0.25, 0.3) is 0 Å². The fraction of sp³-hybridized carbons (Fsp3) is 0.231. The van der Waals surface area contributed by atoms with Crippen molar-refractivity contribution in [2.24, 2.45) is 0 Å². The highest BCUT2D eigenvalue weighted by Gasteiger charge is 2.52. The van der Waals surface area contributed by atoms with E-state index >= 15 is 0 Å². The van der Waals surface area contributed by atoms with E-state index in [4.69, 9.17) is 27.6 Å². The molecular weight excluding hydrogens is 526 g/mol. The minimum Gasteiger partial charge on any atom is -0.772 e. The topological polar surface area (TPSA) is 95.3 Å². The highest BCUT2D eigenvalue weighted by atomic mass is 35.5. The summed E-state index contributed by atoms with van der Waals surface area (Å²) in [5.74, 6) is -0.247. The van der Waals surface area contributed by atoms with Gasteiger partial charge in [0.05, 0.1) is 11.8 Å². The lowest BCUT2D eigenvalue weighted by molar-refractivity contribution is -0.115. The predicted molar refractivity (Wildman–Crippen MR) is 137 cm³/mol. The van der Waals surface area contributed by atoms with Crippen LogP contribution in [0.1, 0.15) is 47.6 Å². The van der Waals surface area contributed by atoms with E-state index in [-0.39, 0.29) is 12.3 Å². The van der Waals surface area contributed by atoms with Crippen LogP contribution in [0.4, 0.5) is 10.1 Å². The molecule has 1 fully saturated rings. The van der Waals surface area contributed by atoms with Crippen LogP contribution in [0.15, 0.2) is 59.0 Å². The number of anilines is 1. The standard InChI is InChI=1S/C26H21Cl2FN2O4S/c1-14(36(33)34)16-4-2-15(3-5-16)10-23(32)30-18-12-19(27)24(20(28)13-18)26(8-9-26)25-31-21-7-6-17(29)11-22(21)35-25/h2-7,11-14H,8-10H2,1H3,(H,30,32)(H,33,34)/p-1. The number of amides is 1. The van der Waals surface area contributed by atoms with Gasteiger partial charge in [-0.15, -0.1) is 0 Å². The van der Waals surface area contributed by atoms with E-state index in [9.17, 15) is 17.9 Å². The van der Waals surface area contributed by atoms with Gasteiger partial charge in [-0.25, -0.2) is 9.37 Å². The number of hydrogen-bond acceptors (Lipinski definition) is 5. The number of hydrogen-bond donors (Lipinski definition) is 1. The summed E-state index contributed by atoms with van der Waals surface area (Å²) in [7, 11) is 0. The summed E-state index contributed by atoms with van der Waals surface area (Å²) in [6.45, 7) is 1.60. The minimum absolute atomic E-state index is 0.0928. The summed E-state index contributed by atoms with van der Waals surface area (Å²) in [5, 5.41) is 2.92. The Balaban J connectivity index is 1.33. The zero-order valence-electron chi connectivity index (χ0n) is 19.0. The van der Waals surface area contributed by atoms with Crippen LogP contribution in [0.3, 0.4) is 0 Å². The minimum atomic E-state index is -2.21. The highest BCUT2D eigenvalue weighted by molar-refractivity contribution is 7.79. The van der Waals surface area contributed by atoms with Crippen LogP contribution in [0.5, 0.6) is 0 Å². The second-order valence-corrected chi connectivity index (χ2v) is 10.9. The predicted octanol–water partition coefficient (Wildman–Crippen LogP) is 6.47. The van der Waals surface area contributed by atoms with Crippen LogP contribution in [0, 0.1) is 5.82 Å². The summed E-state index contributed by atoms with van der Waals surface area (Å²) in [6, 6.07) is 14.3. The number of nitrogens with one attached hydrogen (secondary N) is 1. The molecule has 0 aliphatic heterocycles. The fourth-order valence-corrected chi connectivity index (χ4v) is 5.54. The summed E-state index contributed by atoms with van der Waals surface area (Å²) in [6.07, 6.45) is 1.54. The van der Waals surface area contributed by atoms with Gasteiger partial charge in [0.2, 0.25) is 11.8 Å². The van der Waals surface area contributed by atoms with Gasteiger partial charge < -0.3 is 14.3 Å². The molecule has 2 atom stereocenters. The molecule has 1 amide bonds. The average Bonchev–Trinajstić information content (AvgIpc) is 3.49. The largest absolute Gasteiger partial charge is 0.772 e. The van der Waals surface area contributed by atoms with Crippen LogP contribution in [0.25, 0.3) is 11.1 Å². The Hall–Kier alpha value is -2.78. The Morgan fingerprint density at radius 3 is 2.44 bits per heavy atom. The molecule has 1 heterocycles. The van der Waals surface area contributed by atoms with Crippen LogP contribution >= 0.6 is 23.2 Å². The molecule has 0 saturated heterocycles. The Morgan fingerprint density at radius 1 is 1.17 bits per heavy atom. The van der Waals surface area contributed by atoms with Crippen LogP contribution in [-0.2, 0) is 27.7 Å². The average molecular weight is 546 g/mol. The van der Waals surface area contributed by atoms with Gasteiger partial charge in [0.15, 0.2) is 5.58 Å². The molecular formula is C26H20Cl2FN2O4S-. The summed E-state index contributed by atoms with van der Waals surface area (Å²) >= 11 is 11.1. The maximum absolute atomic E-state index is 13.6. The molecule has 0 spiro atoms. The second kappa shape index (κ2) is 9.59. The molecule has 1 N–H and O–H groups in total. The molecule has 10 heteroatoms. The molecule has 2 unspecified atom stereocenters. The molecule has 1 aromatic heterocycles. The fourth-order valence-electron chi connectivity index (χ4n) is 4.31. The number of oxazole rings is 1. The first-order valence-electron chi connectivity index (χ1n) is 11.2. The zero-order valence-corrected chi connectivity index (χ0v) is 21.3. The molecule has 1 aliphatic rings. The van der Waals surface area contributed by atoms with E-state index in [2.05, 4.69) is 10.3 Å². The summed E-state index contributed by atoms with van der Waals surface area (Å²) in [4.78, 5) is 17.2. The Kier molecular flexibility index (Phi) is 6.63. The van der Waals surface area contributed by atoms with E-state index in [0.717, 1.165) is 18.4 Å². The quantitative estimate of drug-likeness (QED) is 0.268. The maximum Gasteiger partial charge on any atom is 0.228 e. The number of carbonyl (C=O) groups is 1. The number of fused-ring (bicyclic) bond motifs is 1. The monoisotopic (exact) mass is 545 g/mol. The third kappa shape index (κ3) is 4.78. The van der Waals surface area contributed by atoms with Gasteiger partial charge in [-0.3, -0.25) is 9.00 Å². The summed E-state index contributed by atoms with van der Waals surface area (Å²) in [5.41, 5.74) is 2.81. The first-order valence-corrected chi connectivity index (χ1v) is 13.1. The molecule has 1 saturated carbocycles. The molecule has 36 heavy (non-hydrogen) atoms. The van der Waals surface area contributed by atoms with Crippen molar-refractivity contribution in [3.63, 3.8) is 0 Å². The number of halogens is 3. The van der Waals surface area contributed by atoms with Gasteiger partial charge in [0.1, 0.15) is 11.3 Å². The SMILES string of the molecule is CC(c1ccc(CC(=O)Nc2cc(Cl)c(C3(c4nc5ccc(F)cc5o4)CC3)c(Cl)c2)cc1)S(=O)[O-]. The van der Waals surface area contributed by atoms with Gasteiger partial charge in [-0.1, -0.05) is 47.5 Å². The Morgan fingerprint density at radius 2 is 1.83 bits per heavy atom. The van der Waals surface area contributed by atoms with Crippen molar-refractivity contribution in [1.82, 2.24) is 4.98 Å². The smallest absolute Gasteiger partial charge is 0.228 e. The van der Waals surface area contributed by atoms with Gasteiger partial charge in [-0.05, 0) is 66.2 Å². The number of aromatic nitrogens is 1. The van der Waals surface area contributed by atoms with Crippen molar-refractivity contribution in [1.29, 1.82) is 0 Å². The van der Waals surface area contributed by atoms with Crippen molar-refractivity contribution >= 4 is 57.0 Å². The van der Waals surface area contributed by atoms with Crippen LogP contribution in [-0.4, -0.2) is 19.7 Å².